The third kappa shape index (κ3) is 5.69. The lowest BCUT2D eigenvalue weighted by atomic mass is 10.0. The highest BCUT2D eigenvalue weighted by atomic mass is 16.3. The van der Waals surface area contributed by atoms with E-state index in [1.54, 1.807) is 12.1 Å². The second-order valence-electron chi connectivity index (χ2n) is 6.66. The van der Waals surface area contributed by atoms with Crippen molar-refractivity contribution in [1.29, 1.82) is 0 Å². The molecule has 1 heterocycles. The second kappa shape index (κ2) is 8.48. The number of carbonyl (C=O) groups is 2. The van der Waals surface area contributed by atoms with E-state index < -0.39 is 0 Å². The van der Waals surface area contributed by atoms with E-state index in [0.717, 1.165) is 12.0 Å². The van der Waals surface area contributed by atoms with Gasteiger partial charge < -0.3 is 9.73 Å². The molecule has 1 N–H and O–H groups in total. The lowest BCUT2D eigenvalue weighted by molar-refractivity contribution is -0.121. The first-order valence-corrected chi connectivity index (χ1v) is 8.38. The standard InChI is InChI=1S/C20H25NO3/c1-14(2)11-16-6-8-17(9-7-16)13-20(23)21-15(3)12-18(22)19-5-4-10-24-19/h4-10,14-15H,11-13H2,1-3H3,(H,21,23). The van der Waals surface area contributed by atoms with Crippen LogP contribution in [0.1, 0.15) is 48.9 Å². The fourth-order valence-corrected chi connectivity index (χ4v) is 2.64. The Kier molecular flexibility index (Phi) is 6.36. The van der Waals surface area contributed by atoms with Gasteiger partial charge in [-0.2, -0.15) is 0 Å². The molecule has 4 heteroatoms. The molecule has 0 saturated heterocycles. The zero-order valence-electron chi connectivity index (χ0n) is 14.5. The van der Waals surface area contributed by atoms with E-state index in [2.05, 4.69) is 31.3 Å². The van der Waals surface area contributed by atoms with Crippen LogP contribution in [0.5, 0.6) is 0 Å². The number of amides is 1. The van der Waals surface area contributed by atoms with E-state index in [9.17, 15) is 9.59 Å². The first-order valence-electron chi connectivity index (χ1n) is 8.38. The molecule has 0 bridgehead atoms. The van der Waals surface area contributed by atoms with Crippen LogP contribution in [0.4, 0.5) is 0 Å². The Morgan fingerprint density at radius 3 is 2.29 bits per heavy atom. The molecule has 1 aromatic heterocycles. The van der Waals surface area contributed by atoms with Crippen molar-refractivity contribution in [2.45, 2.75) is 46.1 Å². The van der Waals surface area contributed by atoms with Gasteiger partial charge in [-0.15, -0.1) is 0 Å². The summed E-state index contributed by atoms with van der Waals surface area (Å²) in [5.41, 5.74) is 2.26. The lowest BCUT2D eigenvalue weighted by Gasteiger charge is -2.13. The zero-order valence-corrected chi connectivity index (χ0v) is 14.5. The minimum atomic E-state index is -0.227. The number of hydrogen-bond donors (Lipinski definition) is 1. The zero-order chi connectivity index (χ0) is 17.5. The van der Waals surface area contributed by atoms with Crippen LogP contribution in [-0.4, -0.2) is 17.7 Å². The predicted octanol–water partition coefficient (Wildman–Crippen LogP) is 3.80. The molecule has 0 spiro atoms. The lowest BCUT2D eigenvalue weighted by Crippen LogP contribution is -2.35. The van der Waals surface area contributed by atoms with Crippen molar-refractivity contribution in [2.24, 2.45) is 5.92 Å². The minimum absolute atomic E-state index is 0.0774. The molecular weight excluding hydrogens is 302 g/mol. The highest BCUT2D eigenvalue weighted by molar-refractivity contribution is 5.94. The molecule has 1 atom stereocenters. The molecule has 24 heavy (non-hydrogen) atoms. The molecule has 1 amide bonds. The molecule has 4 nitrogen and oxygen atoms in total. The smallest absolute Gasteiger partial charge is 0.224 e. The van der Waals surface area contributed by atoms with E-state index in [0.29, 0.717) is 18.1 Å². The van der Waals surface area contributed by atoms with Gasteiger partial charge in [-0.05, 0) is 42.5 Å². The summed E-state index contributed by atoms with van der Waals surface area (Å²) in [4.78, 5) is 24.0. The molecule has 2 aromatic rings. The van der Waals surface area contributed by atoms with Crippen molar-refractivity contribution in [1.82, 2.24) is 5.32 Å². The van der Waals surface area contributed by atoms with Crippen molar-refractivity contribution in [3.8, 4) is 0 Å². The number of rotatable bonds is 8. The summed E-state index contributed by atoms with van der Waals surface area (Å²) < 4.78 is 5.07. The fourth-order valence-electron chi connectivity index (χ4n) is 2.64. The van der Waals surface area contributed by atoms with Gasteiger partial charge in [0.1, 0.15) is 0 Å². The molecule has 0 aliphatic heterocycles. The van der Waals surface area contributed by atoms with Gasteiger partial charge in [0.25, 0.3) is 0 Å². The van der Waals surface area contributed by atoms with Crippen molar-refractivity contribution in [2.75, 3.05) is 0 Å². The van der Waals surface area contributed by atoms with E-state index >= 15 is 0 Å². The van der Waals surface area contributed by atoms with Crippen LogP contribution in [0.15, 0.2) is 47.1 Å². The molecule has 128 valence electrons. The molecule has 1 aromatic carbocycles. The Bertz CT molecular complexity index is 657. The Labute approximate surface area is 143 Å². The van der Waals surface area contributed by atoms with Gasteiger partial charge in [0.05, 0.1) is 12.7 Å². The number of carbonyl (C=O) groups excluding carboxylic acids is 2. The van der Waals surface area contributed by atoms with Gasteiger partial charge in [0.15, 0.2) is 11.5 Å². The number of ketones is 1. The van der Waals surface area contributed by atoms with E-state index in [1.807, 2.05) is 19.1 Å². The maximum Gasteiger partial charge on any atom is 0.224 e. The number of hydrogen-bond acceptors (Lipinski definition) is 3. The average molecular weight is 327 g/mol. The SMILES string of the molecule is CC(C)Cc1ccc(CC(=O)NC(C)CC(=O)c2ccco2)cc1. The highest BCUT2D eigenvalue weighted by Crippen LogP contribution is 2.11. The van der Waals surface area contributed by atoms with Gasteiger partial charge >= 0.3 is 0 Å². The Balaban J connectivity index is 1.80. The monoisotopic (exact) mass is 327 g/mol. The minimum Gasteiger partial charge on any atom is -0.461 e. The molecule has 0 radical (unpaired) electrons. The van der Waals surface area contributed by atoms with Gasteiger partial charge in [-0.1, -0.05) is 38.1 Å². The highest BCUT2D eigenvalue weighted by Gasteiger charge is 2.15. The molecule has 0 aliphatic carbocycles. The predicted molar refractivity (Wildman–Crippen MR) is 93.9 cm³/mol. The molecular formula is C20H25NO3. The van der Waals surface area contributed by atoms with Crippen LogP contribution < -0.4 is 5.32 Å². The van der Waals surface area contributed by atoms with Crippen LogP contribution >= 0.6 is 0 Å². The Hall–Kier alpha value is -2.36. The van der Waals surface area contributed by atoms with Crippen molar-refractivity contribution in [3.63, 3.8) is 0 Å². The van der Waals surface area contributed by atoms with Crippen molar-refractivity contribution in [3.05, 3.63) is 59.5 Å². The van der Waals surface area contributed by atoms with Gasteiger partial charge in [0.2, 0.25) is 5.91 Å². The Morgan fingerprint density at radius 1 is 1.04 bits per heavy atom. The van der Waals surface area contributed by atoms with Gasteiger partial charge in [0, 0.05) is 12.5 Å². The molecule has 1 unspecified atom stereocenters. The van der Waals surface area contributed by atoms with Crippen LogP contribution in [0.3, 0.4) is 0 Å². The average Bonchev–Trinajstić information content (AvgIpc) is 3.02. The number of benzene rings is 1. The summed E-state index contributed by atoms with van der Waals surface area (Å²) in [6.07, 6.45) is 3.06. The molecule has 0 aliphatic rings. The summed E-state index contributed by atoms with van der Waals surface area (Å²) in [5.74, 6) is 0.765. The van der Waals surface area contributed by atoms with E-state index in [-0.39, 0.29) is 24.2 Å². The molecule has 0 fully saturated rings. The van der Waals surface area contributed by atoms with Crippen LogP contribution in [0.25, 0.3) is 0 Å². The summed E-state index contributed by atoms with van der Waals surface area (Å²) in [6, 6.07) is 11.2. The number of furan rings is 1. The van der Waals surface area contributed by atoms with Gasteiger partial charge in [-0.25, -0.2) is 0 Å². The number of Topliss-reactive ketones (excluding diaryl/α,β-unsaturated/α-hetero) is 1. The largest absolute Gasteiger partial charge is 0.461 e. The summed E-state index contributed by atoms with van der Waals surface area (Å²) in [6.45, 7) is 6.20. The quantitative estimate of drug-likeness (QED) is 0.750. The van der Waals surface area contributed by atoms with Crippen LogP contribution in [0, 0.1) is 5.92 Å². The third-order valence-corrected chi connectivity index (χ3v) is 3.73. The fraction of sp³-hybridized carbons (Fsp3) is 0.400. The molecule has 0 saturated carbocycles. The van der Waals surface area contributed by atoms with Crippen molar-refractivity contribution >= 4 is 11.7 Å². The third-order valence-electron chi connectivity index (χ3n) is 3.73. The van der Waals surface area contributed by atoms with Crippen LogP contribution in [0.2, 0.25) is 0 Å². The maximum atomic E-state index is 12.1. The van der Waals surface area contributed by atoms with Gasteiger partial charge in [-0.3, -0.25) is 9.59 Å². The van der Waals surface area contributed by atoms with E-state index in [4.69, 9.17) is 4.42 Å². The van der Waals surface area contributed by atoms with Crippen molar-refractivity contribution < 1.29 is 14.0 Å². The number of nitrogens with one attached hydrogen (secondary N) is 1. The summed E-state index contributed by atoms with van der Waals surface area (Å²) in [7, 11) is 0. The molecule has 2 rings (SSSR count). The summed E-state index contributed by atoms with van der Waals surface area (Å²) in [5, 5.41) is 2.87. The maximum absolute atomic E-state index is 12.1. The second-order valence-corrected chi connectivity index (χ2v) is 6.66. The first kappa shape index (κ1) is 18.0. The first-order chi connectivity index (χ1) is 11.4. The normalized spacial score (nSPS) is 12.2. The Morgan fingerprint density at radius 2 is 1.71 bits per heavy atom. The topological polar surface area (TPSA) is 59.3 Å². The summed E-state index contributed by atoms with van der Waals surface area (Å²) >= 11 is 0. The van der Waals surface area contributed by atoms with Crippen LogP contribution in [-0.2, 0) is 17.6 Å². The van der Waals surface area contributed by atoms with E-state index in [1.165, 1.54) is 11.8 Å².